The van der Waals surface area contributed by atoms with Crippen molar-refractivity contribution in [3.05, 3.63) is 0 Å². The van der Waals surface area contributed by atoms with Crippen molar-refractivity contribution in [1.82, 2.24) is 0 Å². The van der Waals surface area contributed by atoms with E-state index in [4.69, 9.17) is 4.74 Å². The molecule has 12 heavy (non-hydrogen) atoms. The monoisotopic (exact) mass is 168 g/mol. The van der Waals surface area contributed by atoms with Crippen molar-refractivity contribution in [3.8, 4) is 0 Å². The Morgan fingerprint density at radius 2 is 1.92 bits per heavy atom. The van der Waals surface area contributed by atoms with Gasteiger partial charge in [0.2, 0.25) is 0 Å². The van der Waals surface area contributed by atoms with Gasteiger partial charge >= 0.3 is 5.97 Å². The summed E-state index contributed by atoms with van der Waals surface area (Å²) in [7, 11) is 0. The van der Waals surface area contributed by atoms with Gasteiger partial charge in [-0.25, -0.2) is 0 Å². The molecule has 2 aliphatic rings. The Morgan fingerprint density at radius 3 is 2.50 bits per heavy atom. The third kappa shape index (κ3) is 1.04. The van der Waals surface area contributed by atoms with Crippen molar-refractivity contribution in [1.29, 1.82) is 0 Å². The normalized spacial score (nSPS) is 35.7. The quantitative estimate of drug-likeness (QED) is 0.510. The zero-order valence-electron chi connectivity index (χ0n) is 6.97. The van der Waals surface area contributed by atoms with E-state index < -0.39 is 5.60 Å². The fourth-order valence-electron chi connectivity index (χ4n) is 2.06. The Bertz CT molecular complexity index is 234. The van der Waals surface area contributed by atoms with Crippen molar-refractivity contribution in [2.24, 2.45) is 0 Å². The molecular formula is C9H12O3. The van der Waals surface area contributed by atoms with Crippen molar-refractivity contribution in [3.63, 3.8) is 0 Å². The van der Waals surface area contributed by atoms with Gasteiger partial charge in [0, 0.05) is 19.3 Å². The lowest BCUT2D eigenvalue weighted by atomic mass is 9.82. The number of hydrogen-bond donors (Lipinski definition) is 0. The molecule has 1 aliphatic carbocycles. The number of carbonyl (C=O) groups excluding carboxylic acids is 2. The predicted octanol–water partition coefficient (Wildman–Crippen LogP) is 1.21. The lowest BCUT2D eigenvalue weighted by Crippen LogP contribution is -2.40. The molecule has 0 aromatic rings. The number of hydrogen-bond acceptors (Lipinski definition) is 3. The summed E-state index contributed by atoms with van der Waals surface area (Å²) in [6.45, 7) is 0. The van der Waals surface area contributed by atoms with Crippen molar-refractivity contribution < 1.29 is 14.3 Å². The molecular weight excluding hydrogens is 156 g/mol. The van der Waals surface area contributed by atoms with Gasteiger partial charge in [-0.2, -0.15) is 0 Å². The molecule has 1 unspecified atom stereocenters. The van der Waals surface area contributed by atoms with Gasteiger partial charge in [-0.15, -0.1) is 0 Å². The van der Waals surface area contributed by atoms with Crippen LogP contribution in [-0.2, 0) is 14.3 Å². The average Bonchev–Trinajstić information content (AvgIpc) is 2.41. The highest BCUT2D eigenvalue weighted by Crippen LogP contribution is 2.37. The van der Waals surface area contributed by atoms with Crippen LogP contribution in [0.2, 0.25) is 0 Å². The van der Waals surface area contributed by atoms with E-state index in [-0.39, 0.29) is 11.8 Å². The minimum atomic E-state index is -0.685. The predicted molar refractivity (Wildman–Crippen MR) is 41.5 cm³/mol. The van der Waals surface area contributed by atoms with E-state index in [2.05, 4.69) is 0 Å². The number of Topliss-reactive ketones (excluding diaryl/α,β-unsaturated/α-hetero) is 1. The molecule has 3 nitrogen and oxygen atoms in total. The Labute approximate surface area is 71.1 Å². The summed E-state index contributed by atoms with van der Waals surface area (Å²) in [5.74, 6) is -0.0650. The molecule has 1 spiro atoms. The maximum absolute atomic E-state index is 11.5. The van der Waals surface area contributed by atoms with E-state index in [9.17, 15) is 9.59 Å². The first-order valence-corrected chi connectivity index (χ1v) is 4.48. The van der Waals surface area contributed by atoms with Gasteiger partial charge in [-0.3, -0.25) is 9.59 Å². The van der Waals surface area contributed by atoms with Crippen LogP contribution in [0.3, 0.4) is 0 Å². The van der Waals surface area contributed by atoms with Crippen LogP contribution in [0.15, 0.2) is 0 Å². The van der Waals surface area contributed by atoms with Crippen LogP contribution >= 0.6 is 0 Å². The molecule has 0 N–H and O–H groups in total. The van der Waals surface area contributed by atoms with E-state index >= 15 is 0 Å². The minimum absolute atomic E-state index is 0.139. The Hall–Kier alpha value is -0.860. The lowest BCUT2D eigenvalue weighted by molar-refractivity contribution is -0.159. The van der Waals surface area contributed by atoms with Crippen LogP contribution in [0.4, 0.5) is 0 Å². The van der Waals surface area contributed by atoms with E-state index in [0.717, 1.165) is 19.3 Å². The topological polar surface area (TPSA) is 43.4 Å². The maximum atomic E-state index is 11.5. The average molecular weight is 168 g/mol. The van der Waals surface area contributed by atoms with Crippen molar-refractivity contribution in [2.45, 2.75) is 44.1 Å². The molecule has 1 saturated heterocycles. The number of ketones is 1. The van der Waals surface area contributed by atoms with E-state index in [1.807, 2.05) is 0 Å². The second-order valence-corrected chi connectivity index (χ2v) is 3.60. The highest BCUT2D eigenvalue weighted by Gasteiger charge is 2.47. The summed E-state index contributed by atoms with van der Waals surface area (Å²) >= 11 is 0. The SMILES string of the molecule is O=C1CCC2(CCCCC2=O)O1. The van der Waals surface area contributed by atoms with Crippen LogP contribution in [0, 0.1) is 0 Å². The zero-order valence-corrected chi connectivity index (χ0v) is 6.97. The Kier molecular flexibility index (Phi) is 1.67. The molecule has 2 fully saturated rings. The fraction of sp³-hybridized carbons (Fsp3) is 0.778. The minimum Gasteiger partial charge on any atom is -0.451 e. The smallest absolute Gasteiger partial charge is 0.306 e. The van der Waals surface area contributed by atoms with E-state index in [0.29, 0.717) is 19.3 Å². The van der Waals surface area contributed by atoms with Crippen LogP contribution < -0.4 is 0 Å². The molecule has 3 heteroatoms. The molecule has 0 radical (unpaired) electrons. The van der Waals surface area contributed by atoms with Gasteiger partial charge in [0.05, 0.1) is 0 Å². The van der Waals surface area contributed by atoms with Gasteiger partial charge in [0.15, 0.2) is 11.4 Å². The summed E-state index contributed by atoms with van der Waals surface area (Å²) < 4.78 is 5.11. The van der Waals surface area contributed by atoms with Crippen LogP contribution in [0.25, 0.3) is 0 Å². The number of rotatable bonds is 0. The molecule has 1 heterocycles. The molecule has 1 saturated carbocycles. The lowest BCUT2D eigenvalue weighted by Gasteiger charge is -2.29. The van der Waals surface area contributed by atoms with Crippen molar-refractivity contribution >= 4 is 11.8 Å². The van der Waals surface area contributed by atoms with Gasteiger partial charge in [0.25, 0.3) is 0 Å². The zero-order chi connectivity index (χ0) is 8.60. The Morgan fingerprint density at radius 1 is 1.08 bits per heavy atom. The highest BCUT2D eigenvalue weighted by molar-refractivity contribution is 5.92. The van der Waals surface area contributed by atoms with E-state index in [1.54, 1.807) is 0 Å². The van der Waals surface area contributed by atoms with Gasteiger partial charge in [-0.05, 0) is 19.3 Å². The molecule has 0 bridgehead atoms. The molecule has 2 rings (SSSR count). The van der Waals surface area contributed by atoms with Crippen molar-refractivity contribution in [2.75, 3.05) is 0 Å². The summed E-state index contributed by atoms with van der Waals surface area (Å²) in [5, 5.41) is 0. The van der Waals surface area contributed by atoms with E-state index in [1.165, 1.54) is 0 Å². The first-order chi connectivity index (χ1) is 5.73. The van der Waals surface area contributed by atoms with Crippen LogP contribution in [0.5, 0.6) is 0 Å². The standard InChI is InChI=1S/C9H12O3/c10-7-3-1-2-5-9(7)6-4-8(11)12-9/h1-6H2. The van der Waals surface area contributed by atoms with Crippen LogP contribution in [0.1, 0.15) is 38.5 Å². The fourth-order valence-corrected chi connectivity index (χ4v) is 2.06. The summed E-state index contributed by atoms with van der Waals surface area (Å²) in [5.41, 5.74) is -0.685. The third-order valence-electron chi connectivity index (χ3n) is 2.78. The first kappa shape index (κ1) is 7.77. The highest BCUT2D eigenvalue weighted by atomic mass is 16.6. The van der Waals surface area contributed by atoms with Crippen LogP contribution in [-0.4, -0.2) is 17.4 Å². The second-order valence-electron chi connectivity index (χ2n) is 3.60. The first-order valence-electron chi connectivity index (χ1n) is 4.48. The molecule has 0 aromatic carbocycles. The summed E-state index contributed by atoms with van der Waals surface area (Å²) in [4.78, 5) is 22.4. The molecule has 0 aromatic heterocycles. The maximum Gasteiger partial charge on any atom is 0.306 e. The molecule has 1 atom stereocenters. The summed E-state index contributed by atoms with van der Waals surface area (Å²) in [6, 6.07) is 0. The second kappa shape index (κ2) is 2.57. The number of carbonyl (C=O) groups is 2. The number of ether oxygens (including phenoxy) is 1. The molecule has 1 aliphatic heterocycles. The third-order valence-corrected chi connectivity index (χ3v) is 2.78. The largest absolute Gasteiger partial charge is 0.451 e. The van der Waals surface area contributed by atoms with Gasteiger partial charge in [-0.1, -0.05) is 0 Å². The molecule has 66 valence electrons. The Balaban J connectivity index is 2.18. The summed E-state index contributed by atoms with van der Waals surface area (Å²) in [6.07, 6.45) is 4.35. The van der Waals surface area contributed by atoms with Gasteiger partial charge < -0.3 is 4.74 Å². The van der Waals surface area contributed by atoms with Gasteiger partial charge in [0.1, 0.15) is 0 Å². The molecule has 0 amide bonds. The number of esters is 1.